The molecule has 16 heavy (non-hydrogen) atoms. The molecule has 0 bridgehead atoms. The van der Waals surface area contributed by atoms with E-state index in [1.54, 1.807) is 0 Å². The van der Waals surface area contributed by atoms with Crippen LogP contribution < -0.4 is 10.6 Å². The maximum Gasteiger partial charge on any atom is 0.0352 e. The fourth-order valence-corrected chi connectivity index (χ4v) is 2.08. The molecule has 1 atom stereocenters. The van der Waals surface area contributed by atoms with Crippen LogP contribution in [-0.2, 0) is 0 Å². The predicted molar refractivity (Wildman–Crippen MR) is 68.5 cm³/mol. The van der Waals surface area contributed by atoms with Crippen LogP contribution in [0.5, 0.6) is 0 Å². The lowest BCUT2D eigenvalue weighted by Crippen LogP contribution is -2.33. The molecule has 0 radical (unpaired) electrons. The molecule has 2 N–H and O–H groups in total. The maximum atomic E-state index is 5.37. The largest absolute Gasteiger partial charge is 0.385 e. The van der Waals surface area contributed by atoms with Gasteiger partial charge in [0.1, 0.15) is 0 Å². The summed E-state index contributed by atoms with van der Waals surface area (Å²) in [6.07, 6.45) is 7.97. The summed E-state index contributed by atoms with van der Waals surface area (Å²) in [6.45, 7) is 3.33. The molecule has 0 saturated carbocycles. The van der Waals surface area contributed by atoms with Gasteiger partial charge in [0.25, 0.3) is 0 Å². The lowest BCUT2D eigenvalue weighted by Gasteiger charge is -2.23. The second-order valence-corrected chi connectivity index (χ2v) is 4.32. The van der Waals surface area contributed by atoms with E-state index in [0.29, 0.717) is 0 Å². The number of hydrogen-bond acceptors (Lipinski definition) is 2. The molecule has 2 rings (SSSR count). The van der Waals surface area contributed by atoms with Crippen LogP contribution >= 0.6 is 0 Å². The molecule has 1 aromatic rings. The quantitative estimate of drug-likeness (QED) is 0.753. The predicted octanol–water partition coefficient (Wildman–Crippen LogP) is 2.08. The third-order valence-corrected chi connectivity index (χ3v) is 3.02. The molecule has 2 heteroatoms. The van der Waals surface area contributed by atoms with Crippen molar-refractivity contribution in [3.8, 4) is 12.3 Å². The van der Waals surface area contributed by atoms with E-state index < -0.39 is 0 Å². The molecule has 0 spiro atoms. The van der Waals surface area contributed by atoms with Gasteiger partial charge in [-0.2, -0.15) is 0 Å². The Morgan fingerprint density at radius 3 is 3.19 bits per heavy atom. The number of benzene rings is 1. The first-order chi connectivity index (χ1) is 7.88. The van der Waals surface area contributed by atoms with Gasteiger partial charge in [-0.05, 0) is 50.0 Å². The molecule has 0 amide bonds. The van der Waals surface area contributed by atoms with E-state index in [4.69, 9.17) is 6.42 Å². The van der Waals surface area contributed by atoms with Crippen molar-refractivity contribution in [2.24, 2.45) is 5.92 Å². The maximum absolute atomic E-state index is 5.37. The third kappa shape index (κ3) is 3.01. The molecule has 1 unspecified atom stereocenters. The van der Waals surface area contributed by atoms with Crippen molar-refractivity contribution in [3.05, 3.63) is 29.8 Å². The smallest absolute Gasteiger partial charge is 0.0352 e. The highest BCUT2D eigenvalue weighted by atomic mass is 14.9. The van der Waals surface area contributed by atoms with Crippen molar-refractivity contribution in [1.82, 2.24) is 5.32 Å². The molecular formula is C14H18N2. The summed E-state index contributed by atoms with van der Waals surface area (Å²) in [5.74, 6) is 3.39. The van der Waals surface area contributed by atoms with Crippen LogP contribution in [0.25, 0.3) is 0 Å². The van der Waals surface area contributed by atoms with Crippen LogP contribution in [-0.4, -0.2) is 19.6 Å². The highest BCUT2D eigenvalue weighted by molar-refractivity contribution is 5.49. The number of piperidine rings is 1. The minimum Gasteiger partial charge on any atom is -0.385 e. The van der Waals surface area contributed by atoms with E-state index in [9.17, 15) is 0 Å². The first kappa shape index (κ1) is 11.0. The van der Waals surface area contributed by atoms with E-state index in [0.717, 1.165) is 30.3 Å². The minimum absolute atomic E-state index is 0.739. The van der Waals surface area contributed by atoms with E-state index in [1.165, 1.54) is 19.4 Å². The highest BCUT2D eigenvalue weighted by Crippen LogP contribution is 2.13. The zero-order valence-electron chi connectivity index (χ0n) is 9.50. The van der Waals surface area contributed by atoms with Crippen LogP contribution in [0.15, 0.2) is 24.3 Å². The molecule has 0 aliphatic carbocycles. The Labute approximate surface area is 97.4 Å². The van der Waals surface area contributed by atoms with Crippen molar-refractivity contribution in [3.63, 3.8) is 0 Å². The van der Waals surface area contributed by atoms with E-state index in [1.807, 2.05) is 18.2 Å². The zero-order valence-corrected chi connectivity index (χ0v) is 9.50. The van der Waals surface area contributed by atoms with Gasteiger partial charge >= 0.3 is 0 Å². The average molecular weight is 214 g/mol. The highest BCUT2D eigenvalue weighted by Gasteiger charge is 2.11. The van der Waals surface area contributed by atoms with Gasteiger partial charge < -0.3 is 10.6 Å². The summed E-state index contributed by atoms with van der Waals surface area (Å²) in [4.78, 5) is 0. The zero-order chi connectivity index (χ0) is 11.2. The Hall–Kier alpha value is -1.46. The van der Waals surface area contributed by atoms with Crippen molar-refractivity contribution in [2.45, 2.75) is 12.8 Å². The number of hydrogen-bond donors (Lipinski definition) is 2. The lowest BCUT2D eigenvalue weighted by molar-refractivity contribution is 0.393. The van der Waals surface area contributed by atoms with Gasteiger partial charge in [-0.15, -0.1) is 6.42 Å². The first-order valence-corrected chi connectivity index (χ1v) is 5.90. The summed E-state index contributed by atoms with van der Waals surface area (Å²) in [6, 6.07) is 8.04. The Morgan fingerprint density at radius 1 is 1.50 bits per heavy atom. The topological polar surface area (TPSA) is 24.1 Å². The van der Waals surface area contributed by atoms with Gasteiger partial charge in [0.15, 0.2) is 0 Å². The third-order valence-electron chi connectivity index (χ3n) is 3.02. The second-order valence-electron chi connectivity index (χ2n) is 4.32. The molecular weight excluding hydrogens is 196 g/mol. The summed E-state index contributed by atoms with van der Waals surface area (Å²) >= 11 is 0. The molecule has 1 aliphatic heterocycles. The fourth-order valence-electron chi connectivity index (χ4n) is 2.08. The van der Waals surface area contributed by atoms with Crippen LogP contribution in [0.2, 0.25) is 0 Å². The van der Waals surface area contributed by atoms with Crippen molar-refractivity contribution >= 4 is 5.69 Å². The Morgan fingerprint density at radius 2 is 2.44 bits per heavy atom. The molecule has 1 heterocycles. The van der Waals surface area contributed by atoms with Crippen molar-refractivity contribution < 1.29 is 0 Å². The van der Waals surface area contributed by atoms with Crippen LogP contribution in [0.3, 0.4) is 0 Å². The molecule has 1 saturated heterocycles. The van der Waals surface area contributed by atoms with Crippen LogP contribution in [0, 0.1) is 18.3 Å². The van der Waals surface area contributed by atoms with E-state index in [2.05, 4.69) is 22.6 Å². The molecule has 1 aromatic carbocycles. The van der Waals surface area contributed by atoms with Crippen molar-refractivity contribution in [2.75, 3.05) is 25.0 Å². The van der Waals surface area contributed by atoms with Crippen LogP contribution in [0.1, 0.15) is 18.4 Å². The molecule has 1 fully saturated rings. The van der Waals surface area contributed by atoms with Gasteiger partial charge in [-0.25, -0.2) is 0 Å². The van der Waals surface area contributed by atoms with E-state index in [-0.39, 0.29) is 0 Å². The molecule has 1 aliphatic rings. The first-order valence-electron chi connectivity index (χ1n) is 5.90. The van der Waals surface area contributed by atoms with Gasteiger partial charge in [-0.1, -0.05) is 12.0 Å². The fraction of sp³-hybridized carbons (Fsp3) is 0.429. The lowest BCUT2D eigenvalue weighted by atomic mass is 9.99. The van der Waals surface area contributed by atoms with Gasteiger partial charge in [0, 0.05) is 17.8 Å². The van der Waals surface area contributed by atoms with Gasteiger partial charge in [-0.3, -0.25) is 0 Å². The normalized spacial score (nSPS) is 20.1. The second kappa shape index (κ2) is 5.58. The summed E-state index contributed by atoms with van der Waals surface area (Å²) in [5.41, 5.74) is 2.06. The van der Waals surface area contributed by atoms with E-state index >= 15 is 0 Å². The monoisotopic (exact) mass is 214 g/mol. The Kier molecular flexibility index (Phi) is 3.85. The minimum atomic E-state index is 0.739. The van der Waals surface area contributed by atoms with Crippen LogP contribution in [0.4, 0.5) is 5.69 Å². The SMILES string of the molecule is C#Cc1cccc(NCC2CCCNC2)c1. The molecule has 0 aromatic heterocycles. The van der Waals surface area contributed by atoms with Gasteiger partial charge in [0.05, 0.1) is 0 Å². The van der Waals surface area contributed by atoms with Gasteiger partial charge in [0.2, 0.25) is 0 Å². The summed E-state index contributed by atoms with van der Waals surface area (Å²) in [7, 11) is 0. The van der Waals surface area contributed by atoms with Crippen molar-refractivity contribution in [1.29, 1.82) is 0 Å². The average Bonchev–Trinajstić information content (AvgIpc) is 2.38. The summed E-state index contributed by atoms with van der Waals surface area (Å²) in [5, 5.41) is 6.87. The number of terminal acetylenes is 1. The molecule has 2 nitrogen and oxygen atoms in total. The standard InChI is InChI=1S/C14H18N2/c1-2-12-5-3-7-14(9-12)16-11-13-6-4-8-15-10-13/h1,3,5,7,9,13,15-16H,4,6,8,10-11H2. The number of rotatable bonds is 3. The number of anilines is 1. The summed E-state index contributed by atoms with van der Waals surface area (Å²) < 4.78 is 0. The Bertz CT molecular complexity index is 373. The molecule has 84 valence electrons. The number of nitrogens with one attached hydrogen (secondary N) is 2. The Balaban J connectivity index is 1.86.